The molecule has 0 aliphatic carbocycles. The number of rotatable bonds is 4. The smallest absolute Gasteiger partial charge is 0.350 e. The van der Waals surface area contributed by atoms with Crippen molar-refractivity contribution < 1.29 is 9.90 Å². The Balaban J connectivity index is 1.49. The summed E-state index contributed by atoms with van der Waals surface area (Å²) >= 11 is 0. The van der Waals surface area contributed by atoms with Gasteiger partial charge in [0.1, 0.15) is 0 Å². The highest BCUT2D eigenvalue weighted by Gasteiger charge is 2.28. The number of likely N-dealkylation sites (tertiary alicyclic amines) is 1. The number of hydrogen-bond donors (Lipinski definition) is 2. The number of hydrogen-bond acceptors (Lipinski definition) is 4. The van der Waals surface area contributed by atoms with E-state index >= 15 is 0 Å². The monoisotopic (exact) mass is 395 g/mol. The molecular weight excluding hydrogens is 370 g/mol. The molecule has 2 amide bonds. The number of piperidine rings is 1. The zero-order valence-electron chi connectivity index (χ0n) is 16.4. The number of aliphatic hydroxyl groups excluding tert-OH is 1. The van der Waals surface area contributed by atoms with Crippen LogP contribution in [0.5, 0.6) is 0 Å². The lowest BCUT2D eigenvalue weighted by Gasteiger charge is -2.37. The van der Waals surface area contributed by atoms with Gasteiger partial charge in [0, 0.05) is 31.1 Å². The third-order valence-corrected chi connectivity index (χ3v) is 5.50. The molecule has 0 radical (unpaired) electrons. The number of aliphatic hydroxyl groups is 1. The molecule has 1 aromatic carbocycles. The summed E-state index contributed by atoms with van der Waals surface area (Å²) in [5.41, 5.74) is 1.93. The average Bonchev–Trinajstić information content (AvgIpc) is 3.04. The van der Waals surface area contributed by atoms with Gasteiger partial charge in [0.05, 0.1) is 6.54 Å². The van der Waals surface area contributed by atoms with Crippen LogP contribution in [0.2, 0.25) is 0 Å². The molecule has 4 rings (SSSR count). The van der Waals surface area contributed by atoms with Gasteiger partial charge in [-0.25, -0.2) is 14.3 Å². The van der Waals surface area contributed by atoms with Gasteiger partial charge in [-0.1, -0.05) is 18.2 Å². The number of benzene rings is 1. The van der Waals surface area contributed by atoms with Crippen molar-refractivity contribution in [2.45, 2.75) is 32.4 Å². The fraction of sp³-hybridized carbons (Fsp3) is 0.381. The molecule has 1 aliphatic rings. The van der Waals surface area contributed by atoms with Crippen LogP contribution in [0.4, 0.5) is 10.5 Å². The first-order valence-corrected chi connectivity index (χ1v) is 9.87. The largest absolute Gasteiger partial charge is 0.396 e. The van der Waals surface area contributed by atoms with Crippen LogP contribution in [-0.4, -0.2) is 49.4 Å². The number of urea groups is 1. The van der Waals surface area contributed by atoms with Crippen molar-refractivity contribution in [1.82, 2.24) is 19.1 Å². The van der Waals surface area contributed by atoms with Gasteiger partial charge in [-0.15, -0.1) is 5.10 Å². The Morgan fingerprint density at radius 1 is 1.24 bits per heavy atom. The first-order valence-electron chi connectivity index (χ1n) is 9.87. The Morgan fingerprint density at radius 2 is 2.10 bits per heavy atom. The van der Waals surface area contributed by atoms with Gasteiger partial charge in [-0.3, -0.25) is 4.40 Å². The predicted molar refractivity (Wildman–Crippen MR) is 110 cm³/mol. The SMILES string of the molecule is C[C@H]1CC[C@@H](CO)CN1C(=O)Nc1cccc(Cn2nc3ccccn3c2=O)c1. The van der Waals surface area contributed by atoms with Gasteiger partial charge < -0.3 is 15.3 Å². The zero-order chi connectivity index (χ0) is 20.4. The number of pyridine rings is 1. The average molecular weight is 395 g/mol. The van der Waals surface area contributed by atoms with E-state index in [0.717, 1.165) is 18.4 Å². The highest BCUT2D eigenvalue weighted by Crippen LogP contribution is 2.22. The summed E-state index contributed by atoms with van der Waals surface area (Å²) < 4.78 is 2.91. The van der Waals surface area contributed by atoms with E-state index in [1.54, 1.807) is 23.2 Å². The third kappa shape index (κ3) is 4.02. The minimum absolute atomic E-state index is 0.0970. The number of nitrogens with zero attached hydrogens (tertiary/aromatic N) is 4. The quantitative estimate of drug-likeness (QED) is 0.708. The minimum atomic E-state index is -0.202. The molecule has 2 atom stereocenters. The molecule has 8 heteroatoms. The summed E-state index contributed by atoms with van der Waals surface area (Å²) in [5.74, 6) is 0.130. The Hall–Kier alpha value is -3.13. The van der Waals surface area contributed by atoms with Crippen LogP contribution in [0.15, 0.2) is 53.5 Å². The molecule has 3 heterocycles. The number of anilines is 1. The Bertz CT molecular complexity index is 1070. The Kier molecular flexibility index (Phi) is 5.35. The van der Waals surface area contributed by atoms with Gasteiger partial charge in [0.15, 0.2) is 5.65 Å². The maximum absolute atomic E-state index is 12.7. The fourth-order valence-electron chi connectivity index (χ4n) is 3.80. The molecule has 2 N–H and O–H groups in total. The number of nitrogens with one attached hydrogen (secondary N) is 1. The lowest BCUT2D eigenvalue weighted by atomic mass is 9.94. The lowest BCUT2D eigenvalue weighted by Crippen LogP contribution is -2.48. The molecule has 8 nitrogen and oxygen atoms in total. The van der Waals surface area contributed by atoms with Crippen molar-refractivity contribution in [2.24, 2.45) is 5.92 Å². The number of fused-ring (bicyclic) bond motifs is 1. The molecule has 0 bridgehead atoms. The molecule has 1 aliphatic heterocycles. The predicted octanol–water partition coefficient (Wildman–Crippen LogP) is 2.17. The lowest BCUT2D eigenvalue weighted by molar-refractivity contribution is 0.107. The van der Waals surface area contributed by atoms with E-state index < -0.39 is 0 Å². The van der Waals surface area contributed by atoms with Gasteiger partial charge in [0.25, 0.3) is 0 Å². The molecule has 0 spiro atoms. The Labute approximate surface area is 168 Å². The topological polar surface area (TPSA) is 91.9 Å². The maximum Gasteiger partial charge on any atom is 0.350 e. The van der Waals surface area contributed by atoms with Crippen molar-refractivity contribution in [3.8, 4) is 0 Å². The second kappa shape index (κ2) is 8.08. The van der Waals surface area contributed by atoms with Crippen LogP contribution in [0.25, 0.3) is 5.65 Å². The van der Waals surface area contributed by atoms with E-state index in [1.807, 2.05) is 37.3 Å². The van der Waals surface area contributed by atoms with Gasteiger partial charge in [0.2, 0.25) is 0 Å². The molecule has 29 heavy (non-hydrogen) atoms. The van der Waals surface area contributed by atoms with Crippen LogP contribution >= 0.6 is 0 Å². The molecule has 3 aromatic rings. The molecule has 152 valence electrons. The van der Waals surface area contributed by atoms with Crippen molar-refractivity contribution in [3.63, 3.8) is 0 Å². The van der Waals surface area contributed by atoms with Crippen LogP contribution in [-0.2, 0) is 6.54 Å². The second-order valence-electron chi connectivity index (χ2n) is 7.63. The first-order chi connectivity index (χ1) is 14.0. The highest BCUT2D eigenvalue weighted by molar-refractivity contribution is 5.89. The standard InChI is InChI=1S/C21H25N5O3/c1-15-8-9-17(14-27)12-25(15)20(28)22-18-6-4-5-16(11-18)13-26-21(29)24-10-3-2-7-19(24)23-26/h2-7,10-11,15,17,27H,8-9,12-14H2,1H3,(H,22,28)/t15-,17+/m0/s1. The minimum Gasteiger partial charge on any atom is -0.396 e. The normalized spacial score (nSPS) is 19.4. The van der Waals surface area contributed by atoms with Crippen molar-refractivity contribution >= 4 is 17.4 Å². The third-order valence-electron chi connectivity index (χ3n) is 5.50. The van der Waals surface area contributed by atoms with Crippen molar-refractivity contribution in [3.05, 3.63) is 64.7 Å². The Morgan fingerprint density at radius 3 is 2.90 bits per heavy atom. The van der Waals surface area contributed by atoms with E-state index in [1.165, 1.54) is 9.08 Å². The molecule has 2 aromatic heterocycles. The van der Waals surface area contributed by atoms with Gasteiger partial charge >= 0.3 is 11.7 Å². The second-order valence-corrected chi connectivity index (χ2v) is 7.63. The molecule has 1 fully saturated rings. The number of aromatic nitrogens is 3. The number of carbonyl (C=O) groups is 1. The van der Waals surface area contributed by atoms with E-state index in [0.29, 0.717) is 24.4 Å². The zero-order valence-corrected chi connectivity index (χ0v) is 16.4. The number of amides is 2. The van der Waals surface area contributed by atoms with Crippen LogP contribution in [0.3, 0.4) is 0 Å². The van der Waals surface area contributed by atoms with Gasteiger partial charge in [-0.2, -0.15) is 0 Å². The van der Waals surface area contributed by atoms with Crippen molar-refractivity contribution in [2.75, 3.05) is 18.5 Å². The number of carbonyl (C=O) groups excluding carboxylic acids is 1. The van der Waals surface area contributed by atoms with Gasteiger partial charge in [-0.05, 0) is 55.5 Å². The van der Waals surface area contributed by atoms with E-state index in [9.17, 15) is 14.7 Å². The summed E-state index contributed by atoms with van der Waals surface area (Å²) in [6, 6.07) is 12.8. The van der Waals surface area contributed by atoms with Crippen LogP contribution in [0.1, 0.15) is 25.3 Å². The summed E-state index contributed by atoms with van der Waals surface area (Å²) in [4.78, 5) is 27.0. The molecular formula is C21H25N5O3. The fourth-order valence-corrected chi connectivity index (χ4v) is 3.80. The molecule has 0 unspecified atom stereocenters. The highest BCUT2D eigenvalue weighted by atomic mass is 16.3. The summed E-state index contributed by atoms with van der Waals surface area (Å²) in [5, 5.41) is 16.7. The summed E-state index contributed by atoms with van der Waals surface area (Å²) in [7, 11) is 0. The van der Waals surface area contributed by atoms with Crippen molar-refractivity contribution in [1.29, 1.82) is 0 Å². The van der Waals surface area contributed by atoms with E-state index in [4.69, 9.17) is 0 Å². The molecule has 1 saturated heterocycles. The van der Waals surface area contributed by atoms with Crippen LogP contribution in [0, 0.1) is 5.92 Å². The maximum atomic E-state index is 12.7. The van der Waals surface area contributed by atoms with E-state index in [-0.39, 0.29) is 30.3 Å². The first kappa shape index (κ1) is 19.2. The summed E-state index contributed by atoms with van der Waals surface area (Å²) in [6.07, 6.45) is 3.51. The molecule has 0 saturated carbocycles. The summed E-state index contributed by atoms with van der Waals surface area (Å²) in [6.45, 7) is 3.00. The van der Waals surface area contributed by atoms with E-state index in [2.05, 4.69) is 10.4 Å². The van der Waals surface area contributed by atoms with Crippen LogP contribution < -0.4 is 11.0 Å².